The van der Waals surface area contributed by atoms with E-state index in [1.54, 1.807) is 0 Å². The average Bonchev–Trinajstić information content (AvgIpc) is 2.66. The summed E-state index contributed by atoms with van der Waals surface area (Å²) in [5.74, 6) is 0.276. The van der Waals surface area contributed by atoms with Crippen LogP contribution in [0.25, 0.3) is 5.52 Å². The molecule has 3 nitrogen and oxygen atoms in total. The summed E-state index contributed by atoms with van der Waals surface area (Å²) in [6.45, 7) is 2.72. The van der Waals surface area contributed by atoms with Crippen LogP contribution < -0.4 is 5.73 Å². The number of nitrogens with two attached hydrogens (primary N) is 1. The van der Waals surface area contributed by atoms with Crippen molar-refractivity contribution in [1.82, 2.24) is 4.40 Å². The van der Waals surface area contributed by atoms with Gasteiger partial charge in [0.25, 0.3) is 0 Å². The predicted octanol–water partition coefficient (Wildman–Crippen LogP) is 2.69. The second kappa shape index (κ2) is 5.35. The molecule has 3 rings (SSSR count). The summed E-state index contributed by atoms with van der Waals surface area (Å²) in [4.78, 5) is 12.1. The Morgan fingerprint density at radius 3 is 2.89 bits per heavy atom. The molecule has 0 spiro atoms. The van der Waals surface area contributed by atoms with Crippen LogP contribution >= 0.6 is 12.4 Å². The van der Waals surface area contributed by atoms with Crippen molar-refractivity contribution in [1.29, 1.82) is 0 Å². The second-order valence-electron chi connectivity index (χ2n) is 5.08. The smallest absolute Gasteiger partial charge is 0.179 e. The van der Waals surface area contributed by atoms with E-state index in [0.717, 1.165) is 25.0 Å². The Balaban J connectivity index is 0.00000133. The first-order chi connectivity index (χ1) is 8.72. The molecule has 19 heavy (non-hydrogen) atoms. The normalized spacial score (nSPS) is 14.3. The van der Waals surface area contributed by atoms with Gasteiger partial charge < -0.3 is 10.1 Å². The number of hydrogen-bond donors (Lipinski definition) is 1. The van der Waals surface area contributed by atoms with Crippen LogP contribution in [0.1, 0.15) is 40.0 Å². The first-order valence-corrected chi connectivity index (χ1v) is 6.58. The van der Waals surface area contributed by atoms with Gasteiger partial charge in [0.2, 0.25) is 0 Å². The van der Waals surface area contributed by atoms with Crippen molar-refractivity contribution < 1.29 is 4.79 Å². The Hall–Kier alpha value is -1.32. The summed E-state index contributed by atoms with van der Waals surface area (Å²) < 4.78 is 2.06. The number of carbonyl (C=O) groups excluding carboxylic acids is 1. The number of halogens is 1. The average molecular weight is 279 g/mol. The van der Waals surface area contributed by atoms with Gasteiger partial charge in [0.15, 0.2) is 5.78 Å². The monoisotopic (exact) mass is 278 g/mol. The van der Waals surface area contributed by atoms with Crippen molar-refractivity contribution in [3.05, 3.63) is 40.7 Å². The van der Waals surface area contributed by atoms with Gasteiger partial charge >= 0.3 is 0 Å². The van der Waals surface area contributed by atoms with Gasteiger partial charge in [-0.3, -0.25) is 4.79 Å². The van der Waals surface area contributed by atoms with E-state index in [-0.39, 0.29) is 18.2 Å². The summed E-state index contributed by atoms with van der Waals surface area (Å²) in [7, 11) is 0. The molecule has 2 heterocycles. The molecule has 0 saturated heterocycles. The highest BCUT2D eigenvalue weighted by molar-refractivity contribution is 5.99. The Kier molecular flexibility index (Phi) is 3.97. The number of rotatable bonds is 2. The van der Waals surface area contributed by atoms with Crippen molar-refractivity contribution in [3.63, 3.8) is 0 Å². The van der Waals surface area contributed by atoms with Crippen molar-refractivity contribution >= 4 is 23.7 Å². The van der Waals surface area contributed by atoms with Gasteiger partial charge in [-0.25, -0.2) is 0 Å². The zero-order valence-corrected chi connectivity index (χ0v) is 11.9. The highest BCUT2D eigenvalue weighted by Gasteiger charge is 2.25. The van der Waals surface area contributed by atoms with Gasteiger partial charge in [-0.05, 0) is 61.6 Å². The van der Waals surface area contributed by atoms with Gasteiger partial charge in [0.05, 0.1) is 5.69 Å². The maximum Gasteiger partial charge on any atom is 0.179 e. The quantitative estimate of drug-likeness (QED) is 0.918. The number of ketones is 1. The fraction of sp³-hybridized carbons (Fsp3) is 0.400. The van der Waals surface area contributed by atoms with E-state index in [1.165, 1.54) is 22.2 Å². The Labute approximate surface area is 119 Å². The first-order valence-electron chi connectivity index (χ1n) is 6.58. The molecule has 0 amide bonds. The summed E-state index contributed by atoms with van der Waals surface area (Å²) >= 11 is 0. The van der Waals surface area contributed by atoms with Crippen LogP contribution in [0.2, 0.25) is 0 Å². The fourth-order valence-corrected chi connectivity index (χ4v) is 3.02. The number of nitrogens with zero attached hydrogens (tertiary/aromatic N) is 1. The van der Waals surface area contributed by atoms with Crippen molar-refractivity contribution in [3.8, 4) is 0 Å². The molecule has 2 aromatic rings. The minimum atomic E-state index is 0. The van der Waals surface area contributed by atoms with Crippen LogP contribution in [-0.4, -0.2) is 16.7 Å². The molecule has 0 bridgehead atoms. The lowest BCUT2D eigenvalue weighted by Gasteiger charge is -2.12. The number of carbonyl (C=O) groups is 1. The lowest BCUT2D eigenvalue weighted by atomic mass is 9.92. The molecule has 0 radical (unpaired) electrons. The van der Waals surface area contributed by atoms with E-state index < -0.39 is 0 Å². The molecule has 0 aromatic carbocycles. The summed E-state index contributed by atoms with van der Waals surface area (Å²) in [5.41, 5.74) is 11.5. The molecular formula is C15H19ClN2O. The molecule has 102 valence electrons. The molecule has 2 N–H and O–H groups in total. The summed E-state index contributed by atoms with van der Waals surface area (Å²) in [5, 5.41) is 0. The van der Waals surface area contributed by atoms with Crippen molar-refractivity contribution in [2.24, 2.45) is 5.73 Å². The Morgan fingerprint density at radius 2 is 2.16 bits per heavy atom. The Morgan fingerprint density at radius 1 is 1.37 bits per heavy atom. The topological polar surface area (TPSA) is 47.5 Å². The SMILES string of the molecule is Cc1ccn2c3c(c(CCN)c2c1)CCCC3=O.Cl. The van der Waals surface area contributed by atoms with Crippen LogP contribution in [0, 0.1) is 6.92 Å². The third kappa shape index (κ3) is 2.17. The highest BCUT2D eigenvalue weighted by Crippen LogP contribution is 2.31. The van der Waals surface area contributed by atoms with Crippen LogP contribution in [0.3, 0.4) is 0 Å². The summed E-state index contributed by atoms with van der Waals surface area (Å²) in [6.07, 6.45) is 5.54. The lowest BCUT2D eigenvalue weighted by Crippen LogP contribution is -2.13. The summed E-state index contributed by atoms with van der Waals surface area (Å²) in [6, 6.07) is 4.22. The van der Waals surface area contributed by atoms with Crippen molar-refractivity contribution in [2.45, 2.75) is 32.6 Å². The molecule has 0 atom stereocenters. The number of hydrogen-bond acceptors (Lipinski definition) is 2. The predicted molar refractivity (Wildman–Crippen MR) is 79.4 cm³/mol. The highest BCUT2D eigenvalue weighted by atomic mass is 35.5. The van der Waals surface area contributed by atoms with Crippen molar-refractivity contribution in [2.75, 3.05) is 6.54 Å². The standard InChI is InChI=1S/C15H18N2O.ClH/c1-10-6-8-17-13(9-10)11(5-7-16)12-3-2-4-14(18)15(12)17;/h6,8-9H,2-5,7,16H2,1H3;1H. The van der Waals surface area contributed by atoms with E-state index in [0.29, 0.717) is 13.0 Å². The Bertz CT molecular complexity index is 631. The van der Waals surface area contributed by atoms with Crippen LogP contribution in [-0.2, 0) is 12.8 Å². The van der Waals surface area contributed by atoms with E-state index in [4.69, 9.17) is 5.73 Å². The second-order valence-corrected chi connectivity index (χ2v) is 5.08. The number of fused-ring (bicyclic) bond motifs is 3. The molecule has 0 saturated carbocycles. The van der Waals surface area contributed by atoms with Crippen LogP contribution in [0.15, 0.2) is 18.3 Å². The molecule has 4 heteroatoms. The first kappa shape index (κ1) is 14.1. The van der Waals surface area contributed by atoms with E-state index >= 15 is 0 Å². The van der Waals surface area contributed by atoms with Crippen LogP contribution in [0.4, 0.5) is 0 Å². The maximum absolute atomic E-state index is 12.1. The molecular weight excluding hydrogens is 260 g/mol. The fourth-order valence-electron chi connectivity index (χ4n) is 3.02. The number of aromatic nitrogens is 1. The van der Waals surface area contributed by atoms with E-state index in [1.807, 2.05) is 6.20 Å². The zero-order chi connectivity index (χ0) is 12.7. The van der Waals surface area contributed by atoms with Gasteiger partial charge in [-0.15, -0.1) is 12.4 Å². The third-order valence-corrected chi connectivity index (χ3v) is 3.80. The largest absolute Gasteiger partial charge is 0.330 e. The minimum Gasteiger partial charge on any atom is -0.330 e. The minimum absolute atomic E-state index is 0. The van der Waals surface area contributed by atoms with Gasteiger partial charge in [-0.2, -0.15) is 0 Å². The molecule has 0 unspecified atom stereocenters. The van der Waals surface area contributed by atoms with E-state index in [2.05, 4.69) is 23.5 Å². The van der Waals surface area contributed by atoms with Gasteiger partial charge in [-0.1, -0.05) is 0 Å². The van der Waals surface area contributed by atoms with Crippen LogP contribution in [0.5, 0.6) is 0 Å². The molecule has 0 aliphatic heterocycles. The van der Waals surface area contributed by atoms with Gasteiger partial charge in [0, 0.05) is 18.1 Å². The lowest BCUT2D eigenvalue weighted by molar-refractivity contribution is 0.0966. The zero-order valence-electron chi connectivity index (χ0n) is 11.1. The molecule has 1 aliphatic rings. The third-order valence-electron chi connectivity index (χ3n) is 3.80. The molecule has 1 aliphatic carbocycles. The maximum atomic E-state index is 12.1. The number of pyridine rings is 1. The molecule has 0 fully saturated rings. The number of Topliss-reactive ketones (excluding diaryl/α,β-unsaturated/α-hetero) is 1. The molecule has 2 aromatic heterocycles. The van der Waals surface area contributed by atoms with Gasteiger partial charge in [0.1, 0.15) is 0 Å². The number of aryl methyl sites for hydroxylation is 1. The van der Waals surface area contributed by atoms with E-state index in [9.17, 15) is 4.79 Å².